The fourth-order valence-electron chi connectivity index (χ4n) is 2.22. The maximum atomic E-state index is 12.9. The molecule has 4 nitrogen and oxygen atoms in total. The maximum absolute atomic E-state index is 12.9. The van der Waals surface area contributed by atoms with Gasteiger partial charge in [0.2, 0.25) is 10.0 Å². The van der Waals surface area contributed by atoms with Crippen molar-refractivity contribution < 1.29 is 8.42 Å². The molecule has 1 fully saturated rings. The van der Waals surface area contributed by atoms with E-state index in [9.17, 15) is 8.42 Å². The van der Waals surface area contributed by atoms with Gasteiger partial charge in [-0.05, 0) is 53.4 Å². The Morgan fingerprint density at radius 2 is 2.10 bits per heavy atom. The topological polar surface area (TPSA) is 63.4 Å². The normalized spacial score (nSPS) is 15.5. The van der Waals surface area contributed by atoms with Crippen molar-refractivity contribution in [3.8, 4) is 0 Å². The number of halogens is 1. The monoisotopic (exact) mass is 386 g/mol. The van der Waals surface area contributed by atoms with Gasteiger partial charge in [-0.25, -0.2) is 8.42 Å². The Morgan fingerprint density at radius 3 is 2.67 bits per heavy atom. The second-order valence-corrected chi connectivity index (χ2v) is 8.65. The summed E-state index contributed by atoms with van der Waals surface area (Å²) in [4.78, 5) is 0.188. The van der Waals surface area contributed by atoms with E-state index < -0.39 is 10.0 Å². The summed E-state index contributed by atoms with van der Waals surface area (Å²) in [5.74, 6) is 0. The largest absolute Gasteiger partial charge is 0.398 e. The average molecular weight is 387 g/mol. The van der Waals surface area contributed by atoms with E-state index in [-0.39, 0.29) is 16.6 Å². The SMILES string of the molecule is Nc1cc(Br)ccc1S(=O)(=O)N(Cc1ccsc1)C1CC1. The van der Waals surface area contributed by atoms with Crippen molar-refractivity contribution in [2.45, 2.75) is 30.3 Å². The van der Waals surface area contributed by atoms with Crippen LogP contribution in [0.1, 0.15) is 18.4 Å². The van der Waals surface area contributed by atoms with E-state index >= 15 is 0 Å². The minimum atomic E-state index is -3.57. The van der Waals surface area contributed by atoms with E-state index in [0.717, 1.165) is 22.9 Å². The molecule has 0 unspecified atom stereocenters. The van der Waals surface area contributed by atoms with Crippen molar-refractivity contribution >= 4 is 43.0 Å². The van der Waals surface area contributed by atoms with Crippen LogP contribution in [0.25, 0.3) is 0 Å². The Balaban J connectivity index is 1.97. The number of nitrogens with two attached hydrogens (primary N) is 1. The lowest BCUT2D eigenvalue weighted by Crippen LogP contribution is -2.33. The first-order valence-corrected chi connectivity index (χ1v) is 9.74. The van der Waals surface area contributed by atoms with Gasteiger partial charge in [0, 0.05) is 17.1 Å². The van der Waals surface area contributed by atoms with Crippen LogP contribution in [-0.2, 0) is 16.6 Å². The van der Waals surface area contributed by atoms with Gasteiger partial charge in [0.05, 0.1) is 5.69 Å². The Bertz CT molecular complexity index is 740. The molecule has 0 bridgehead atoms. The molecule has 112 valence electrons. The molecule has 1 aliphatic rings. The molecule has 1 aromatic heterocycles. The molecule has 0 saturated heterocycles. The number of rotatable bonds is 5. The Morgan fingerprint density at radius 1 is 1.33 bits per heavy atom. The minimum Gasteiger partial charge on any atom is -0.398 e. The zero-order chi connectivity index (χ0) is 15.0. The standard InChI is InChI=1S/C14H15BrN2O2S2/c15-11-1-4-14(13(16)7-11)21(18,19)17(12-2-3-12)8-10-5-6-20-9-10/h1,4-7,9,12H,2-3,8,16H2. The van der Waals surface area contributed by atoms with Crippen LogP contribution < -0.4 is 5.73 Å². The van der Waals surface area contributed by atoms with Gasteiger partial charge >= 0.3 is 0 Å². The fourth-order valence-corrected chi connectivity index (χ4v) is 5.03. The van der Waals surface area contributed by atoms with E-state index in [1.807, 2.05) is 16.8 Å². The summed E-state index contributed by atoms with van der Waals surface area (Å²) in [6, 6.07) is 6.96. The van der Waals surface area contributed by atoms with Gasteiger partial charge in [0.1, 0.15) is 4.90 Å². The first-order chi connectivity index (χ1) is 9.98. The summed E-state index contributed by atoms with van der Waals surface area (Å²) >= 11 is 4.88. The van der Waals surface area contributed by atoms with Crippen LogP contribution in [0.15, 0.2) is 44.4 Å². The van der Waals surface area contributed by atoms with Crippen LogP contribution >= 0.6 is 27.3 Å². The van der Waals surface area contributed by atoms with Crippen LogP contribution in [0.3, 0.4) is 0 Å². The van der Waals surface area contributed by atoms with E-state index in [4.69, 9.17) is 5.73 Å². The molecule has 21 heavy (non-hydrogen) atoms. The number of hydrogen-bond donors (Lipinski definition) is 1. The lowest BCUT2D eigenvalue weighted by atomic mass is 10.3. The predicted molar refractivity (Wildman–Crippen MR) is 88.6 cm³/mol. The highest BCUT2D eigenvalue weighted by atomic mass is 79.9. The van der Waals surface area contributed by atoms with Gasteiger partial charge in [0.15, 0.2) is 0 Å². The maximum Gasteiger partial charge on any atom is 0.245 e. The molecule has 2 aromatic rings. The summed E-state index contributed by atoms with van der Waals surface area (Å²) in [6.45, 7) is 0.409. The van der Waals surface area contributed by atoms with Crippen molar-refractivity contribution in [2.24, 2.45) is 0 Å². The smallest absolute Gasteiger partial charge is 0.245 e. The highest BCUT2D eigenvalue weighted by Gasteiger charge is 2.38. The first-order valence-electron chi connectivity index (χ1n) is 6.56. The number of hydrogen-bond acceptors (Lipinski definition) is 4. The average Bonchev–Trinajstić information content (AvgIpc) is 3.11. The number of anilines is 1. The van der Waals surface area contributed by atoms with Gasteiger partial charge in [-0.1, -0.05) is 15.9 Å². The predicted octanol–water partition coefficient (Wildman–Crippen LogP) is 3.45. The van der Waals surface area contributed by atoms with Crippen molar-refractivity contribution in [3.63, 3.8) is 0 Å². The molecule has 0 atom stereocenters. The third kappa shape index (κ3) is 3.15. The van der Waals surface area contributed by atoms with E-state index in [2.05, 4.69) is 15.9 Å². The molecule has 1 saturated carbocycles. The molecule has 1 aromatic carbocycles. The molecule has 7 heteroatoms. The fraction of sp³-hybridized carbons (Fsp3) is 0.286. The quantitative estimate of drug-likeness (QED) is 0.800. The van der Waals surface area contributed by atoms with Gasteiger partial charge in [-0.3, -0.25) is 0 Å². The number of benzene rings is 1. The summed E-state index contributed by atoms with van der Waals surface area (Å²) in [7, 11) is -3.57. The van der Waals surface area contributed by atoms with Crippen molar-refractivity contribution in [3.05, 3.63) is 45.1 Å². The zero-order valence-electron chi connectivity index (χ0n) is 11.2. The Labute approximate surface area is 136 Å². The third-order valence-corrected chi connectivity index (χ3v) is 6.63. The molecule has 0 spiro atoms. The van der Waals surface area contributed by atoms with Gasteiger partial charge in [-0.2, -0.15) is 15.6 Å². The van der Waals surface area contributed by atoms with Crippen LogP contribution in [0.5, 0.6) is 0 Å². The Kier molecular flexibility index (Phi) is 4.09. The van der Waals surface area contributed by atoms with Gasteiger partial charge < -0.3 is 5.73 Å². The molecule has 1 aliphatic carbocycles. The molecule has 0 radical (unpaired) electrons. The molecule has 0 amide bonds. The number of thiophene rings is 1. The minimum absolute atomic E-state index is 0.0953. The lowest BCUT2D eigenvalue weighted by molar-refractivity contribution is 0.399. The molecule has 1 heterocycles. The Hall–Kier alpha value is -0.890. The lowest BCUT2D eigenvalue weighted by Gasteiger charge is -2.22. The molecular weight excluding hydrogens is 372 g/mol. The summed E-state index contributed by atoms with van der Waals surface area (Å²) in [6.07, 6.45) is 1.83. The molecule has 3 rings (SSSR count). The van der Waals surface area contributed by atoms with Crippen LogP contribution in [-0.4, -0.2) is 18.8 Å². The van der Waals surface area contributed by atoms with Crippen LogP contribution in [0.2, 0.25) is 0 Å². The van der Waals surface area contributed by atoms with E-state index in [1.54, 1.807) is 33.8 Å². The van der Waals surface area contributed by atoms with Gasteiger partial charge in [0.25, 0.3) is 0 Å². The second kappa shape index (κ2) is 5.72. The molecule has 0 aliphatic heterocycles. The van der Waals surface area contributed by atoms with Crippen LogP contribution in [0, 0.1) is 0 Å². The summed E-state index contributed by atoms with van der Waals surface area (Å²) < 4.78 is 28.2. The summed E-state index contributed by atoms with van der Waals surface area (Å²) in [5, 5.41) is 3.94. The second-order valence-electron chi connectivity index (χ2n) is 5.10. The highest BCUT2D eigenvalue weighted by molar-refractivity contribution is 9.10. The van der Waals surface area contributed by atoms with Crippen molar-refractivity contribution in [1.82, 2.24) is 4.31 Å². The highest BCUT2D eigenvalue weighted by Crippen LogP contribution is 2.35. The van der Waals surface area contributed by atoms with E-state index in [0.29, 0.717) is 6.54 Å². The molecular formula is C14H15BrN2O2S2. The van der Waals surface area contributed by atoms with Gasteiger partial charge in [-0.15, -0.1) is 0 Å². The summed E-state index contributed by atoms with van der Waals surface area (Å²) in [5.41, 5.74) is 7.20. The first kappa shape index (κ1) is 15.0. The van der Waals surface area contributed by atoms with Crippen molar-refractivity contribution in [2.75, 3.05) is 5.73 Å². The number of nitrogen functional groups attached to an aromatic ring is 1. The number of nitrogens with zero attached hydrogens (tertiary/aromatic N) is 1. The van der Waals surface area contributed by atoms with E-state index in [1.165, 1.54) is 0 Å². The van der Waals surface area contributed by atoms with Crippen molar-refractivity contribution in [1.29, 1.82) is 0 Å². The van der Waals surface area contributed by atoms with Crippen LogP contribution in [0.4, 0.5) is 5.69 Å². The zero-order valence-corrected chi connectivity index (χ0v) is 14.4. The number of sulfonamides is 1. The molecule has 2 N–H and O–H groups in total. The third-order valence-electron chi connectivity index (χ3n) is 3.43.